The molecule has 0 spiro atoms. The summed E-state index contributed by atoms with van der Waals surface area (Å²) >= 11 is 1.85. The molecule has 110 valence electrons. The summed E-state index contributed by atoms with van der Waals surface area (Å²) < 4.78 is 22.8. The van der Waals surface area contributed by atoms with E-state index in [1.165, 1.54) is 16.5 Å². The van der Waals surface area contributed by atoms with Gasteiger partial charge in [0.05, 0.1) is 10.9 Å². The molecule has 0 amide bonds. The van der Waals surface area contributed by atoms with Gasteiger partial charge in [0.2, 0.25) is 10.0 Å². The third-order valence-corrected chi connectivity index (χ3v) is 5.50. The monoisotopic (exact) mass is 320 g/mol. The van der Waals surface area contributed by atoms with Crippen LogP contribution in [-0.2, 0) is 10.0 Å². The van der Waals surface area contributed by atoms with Gasteiger partial charge in [-0.1, -0.05) is 24.3 Å². The topological polar surface area (TPSA) is 72.2 Å². The Morgan fingerprint density at radius 2 is 1.95 bits per heavy atom. The van der Waals surface area contributed by atoms with E-state index in [2.05, 4.69) is 17.4 Å². The maximum absolute atomic E-state index is 11.4. The van der Waals surface area contributed by atoms with Gasteiger partial charge in [-0.25, -0.2) is 13.6 Å². The fourth-order valence-electron chi connectivity index (χ4n) is 2.46. The van der Waals surface area contributed by atoms with Gasteiger partial charge in [-0.05, 0) is 36.2 Å². The molecule has 1 aliphatic heterocycles. The number of fused-ring (bicyclic) bond motifs is 1. The van der Waals surface area contributed by atoms with E-state index in [9.17, 15) is 8.42 Å². The normalized spacial score (nSPS) is 18.0. The first kappa shape index (κ1) is 14.4. The molecule has 0 aliphatic carbocycles. The predicted octanol–water partition coefficient (Wildman–Crippen LogP) is 2.98. The molecular formula is C15H16N2O2S2. The van der Waals surface area contributed by atoms with Crippen LogP contribution in [0, 0.1) is 0 Å². The van der Waals surface area contributed by atoms with Crippen molar-refractivity contribution in [2.45, 2.75) is 22.3 Å². The van der Waals surface area contributed by atoms with Crippen molar-refractivity contribution in [2.24, 2.45) is 5.14 Å². The average molecular weight is 320 g/mol. The molecule has 0 fully saturated rings. The van der Waals surface area contributed by atoms with E-state index in [-0.39, 0.29) is 10.9 Å². The summed E-state index contributed by atoms with van der Waals surface area (Å²) in [5.41, 5.74) is 2.03. The first-order chi connectivity index (χ1) is 10.0. The van der Waals surface area contributed by atoms with Crippen molar-refractivity contribution in [1.29, 1.82) is 0 Å². The van der Waals surface area contributed by atoms with E-state index < -0.39 is 10.0 Å². The fourth-order valence-corrected chi connectivity index (χ4v) is 4.14. The molecule has 1 unspecified atom stereocenters. The lowest BCUT2D eigenvalue weighted by Crippen LogP contribution is -2.17. The van der Waals surface area contributed by atoms with Gasteiger partial charge in [0.25, 0.3) is 0 Å². The lowest BCUT2D eigenvalue weighted by Gasteiger charge is -2.26. The largest absolute Gasteiger partial charge is 0.378 e. The highest BCUT2D eigenvalue weighted by Crippen LogP contribution is 2.37. The molecule has 2 aromatic rings. The quantitative estimate of drug-likeness (QED) is 0.912. The number of thioether (sulfide) groups is 1. The van der Waals surface area contributed by atoms with Crippen LogP contribution in [0.1, 0.15) is 18.0 Å². The molecule has 0 saturated heterocycles. The molecule has 2 aromatic carbocycles. The number of sulfonamides is 1. The Morgan fingerprint density at radius 3 is 2.76 bits per heavy atom. The van der Waals surface area contributed by atoms with Crippen molar-refractivity contribution >= 4 is 27.5 Å². The lowest BCUT2D eigenvalue weighted by molar-refractivity contribution is 0.598. The van der Waals surface area contributed by atoms with Gasteiger partial charge in [0, 0.05) is 16.3 Å². The highest BCUT2D eigenvalue weighted by Gasteiger charge is 2.20. The van der Waals surface area contributed by atoms with Crippen molar-refractivity contribution in [3.05, 3.63) is 54.1 Å². The summed E-state index contributed by atoms with van der Waals surface area (Å²) in [5.74, 6) is 1.05. The number of nitrogens with one attached hydrogen (secondary N) is 1. The van der Waals surface area contributed by atoms with E-state index in [0.29, 0.717) is 0 Å². The minimum absolute atomic E-state index is 0.131. The number of rotatable bonds is 3. The highest BCUT2D eigenvalue weighted by molar-refractivity contribution is 7.99. The number of hydrogen-bond donors (Lipinski definition) is 2. The molecule has 3 N–H and O–H groups in total. The average Bonchev–Trinajstić information content (AvgIpc) is 2.47. The molecule has 6 heteroatoms. The summed E-state index contributed by atoms with van der Waals surface area (Å²) in [7, 11) is -3.67. The zero-order valence-corrected chi connectivity index (χ0v) is 13.0. The van der Waals surface area contributed by atoms with Crippen molar-refractivity contribution < 1.29 is 8.42 Å². The molecule has 4 nitrogen and oxygen atoms in total. The van der Waals surface area contributed by atoms with E-state index in [4.69, 9.17) is 5.14 Å². The maximum atomic E-state index is 11.4. The Hall–Kier alpha value is -1.50. The molecule has 0 aromatic heterocycles. The van der Waals surface area contributed by atoms with Crippen LogP contribution in [-0.4, -0.2) is 14.2 Å². The minimum Gasteiger partial charge on any atom is -0.378 e. The summed E-state index contributed by atoms with van der Waals surface area (Å²) in [6, 6.07) is 15.1. The van der Waals surface area contributed by atoms with Gasteiger partial charge in [0.1, 0.15) is 0 Å². The Labute approximate surface area is 128 Å². The van der Waals surface area contributed by atoms with Gasteiger partial charge in [-0.15, -0.1) is 11.8 Å². The van der Waals surface area contributed by atoms with Gasteiger partial charge in [0.15, 0.2) is 0 Å². The van der Waals surface area contributed by atoms with E-state index in [1.807, 2.05) is 30.0 Å². The highest BCUT2D eigenvalue weighted by atomic mass is 32.2. The summed E-state index contributed by atoms with van der Waals surface area (Å²) in [6.45, 7) is 0. The van der Waals surface area contributed by atoms with Gasteiger partial charge >= 0.3 is 0 Å². The molecule has 0 saturated carbocycles. The van der Waals surface area contributed by atoms with E-state index in [1.54, 1.807) is 12.1 Å². The van der Waals surface area contributed by atoms with E-state index in [0.717, 1.165) is 17.9 Å². The van der Waals surface area contributed by atoms with Crippen LogP contribution in [0.3, 0.4) is 0 Å². The smallest absolute Gasteiger partial charge is 0.238 e. The fraction of sp³-hybridized carbons (Fsp3) is 0.200. The molecule has 0 bridgehead atoms. The standard InChI is InChI=1S/C15H16N2O2S2/c16-21(18,19)12-5-3-4-11(10-12)17-14-8-9-20-15-7-2-1-6-13(14)15/h1-7,10,14,17H,8-9H2,(H2,16,18,19). The van der Waals surface area contributed by atoms with Crippen molar-refractivity contribution in [3.63, 3.8) is 0 Å². The minimum atomic E-state index is -3.67. The maximum Gasteiger partial charge on any atom is 0.238 e. The summed E-state index contributed by atoms with van der Waals surface area (Å²) in [5, 5.41) is 8.59. The number of benzene rings is 2. The van der Waals surface area contributed by atoms with Gasteiger partial charge < -0.3 is 5.32 Å². The number of nitrogens with two attached hydrogens (primary N) is 1. The molecule has 1 heterocycles. The lowest BCUT2D eigenvalue weighted by atomic mass is 10.0. The molecule has 3 rings (SSSR count). The number of primary sulfonamides is 1. The zero-order chi connectivity index (χ0) is 14.9. The Morgan fingerprint density at radius 1 is 1.14 bits per heavy atom. The first-order valence-corrected chi connectivity index (χ1v) is 9.18. The Balaban J connectivity index is 1.89. The van der Waals surface area contributed by atoms with Gasteiger partial charge in [-0.3, -0.25) is 0 Å². The van der Waals surface area contributed by atoms with Crippen LogP contribution in [0.4, 0.5) is 5.69 Å². The molecule has 0 radical (unpaired) electrons. The van der Waals surface area contributed by atoms with Crippen LogP contribution in [0.15, 0.2) is 58.3 Å². The molecule has 1 aliphatic rings. The molecule has 21 heavy (non-hydrogen) atoms. The second-order valence-corrected chi connectivity index (χ2v) is 7.64. The second-order valence-electron chi connectivity index (χ2n) is 4.94. The first-order valence-electron chi connectivity index (χ1n) is 6.65. The number of hydrogen-bond acceptors (Lipinski definition) is 4. The third-order valence-electron chi connectivity index (χ3n) is 3.46. The number of anilines is 1. The zero-order valence-electron chi connectivity index (χ0n) is 11.3. The van der Waals surface area contributed by atoms with Crippen LogP contribution in [0.5, 0.6) is 0 Å². The van der Waals surface area contributed by atoms with Crippen molar-refractivity contribution in [1.82, 2.24) is 0 Å². The Bertz CT molecular complexity index is 760. The summed E-state index contributed by atoms with van der Waals surface area (Å²) in [6.07, 6.45) is 1.00. The summed E-state index contributed by atoms with van der Waals surface area (Å²) in [4.78, 5) is 1.41. The predicted molar refractivity (Wildman–Crippen MR) is 86.0 cm³/mol. The van der Waals surface area contributed by atoms with Crippen LogP contribution >= 0.6 is 11.8 Å². The Kier molecular flexibility index (Phi) is 3.93. The van der Waals surface area contributed by atoms with Crippen LogP contribution < -0.4 is 10.5 Å². The van der Waals surface area contributed by atoms with Crippen LogP contribution in [0.25, 0.3) is 0 Å². The van der Waals surface area contributed by atoms with Crippen molar-refractivity contribution in [2.75, 3.05) is 11.1 Å². The van der Waals surface area contributed by atoms with Crippen molar-refractivity contribution in [3.8, 4) is 0 Å². The SMILES string of the molecule is NS(=O)(=O)c1cccc(NC2CCSc3ccccc32)c1. The molecular weight excluding hydrogens is 304 g/mol. The van der Waals surface area contributed by atoms with Gasteiger partial charge in [-0.2, -0.15) is 0 Å². The van der Waals surface area contributed by atoms with Crippen LogP contribution in [0.2, 0.25) is 0 Å². The second kappa shape index (κ2) is 5.71. The van der Waals surface area contributed by atoms with E-state index >= 15 is 0 Å². The molecule has 1 atom stereocenters. The third kappa shape index (κ3) is 3.23.